The van der Waals surface area contributed by atoms with Gasteiger partial charge in [-0.3, -0.25) is 9.59 Å². The van der Waals surface area contributed by atoms with Crippen LogP contribution >= 0.6 is 0 Å². The Morgan fingerprint density at radius 2 is 0.829 bits per heavy atom. The Balaban J connectivity index is 1.88. The lowest BCUT2D eigenvalue weighted by Crippen LogP contribution is -2.16. The van der Waals surface area contributed by atoms with E-state index in [-0.39, 0.29) is 11.8 Å². The second kappa shape index (κ2) is 12.9. The molecule has 1 aromatic rings. The normalized spacial score (nSPS) is 19.6. The van der Waals surface area contributed by atoms with Crippen LogP contribution in [0.5, 0.6) is 0 Å². The first kappa shape index (κ1) is 30.3. The van der Waals surface area contributed by atoms with E-state index in [1.165, 1.54) is 22.3 Å². The van der Waals surface area contributed by atoms with Crippen molar-refractivity contribution in [1.82, 2.24) is 4.98 Å². The number of hydrogen-bond acceptors (Lipinski definition) is 3. The summed E-state index contributed by atoms with van der Waals surface area (Å²) in [5.41, 5.74) is 12.1. The fourth-order valence-electron chi connectivity index (χ4n) is 6.49. The summed E-state index contributed by atoms with van der Waals surface area (Å²) in [6.07, 6.45) is 12.7. The Morgan fingerprint density at radius 3 is 1.22 bits per heavy atom. The predicted molar refractivity (Wildman–Crippen MR) is 171 cm³/mol. The summed E-state index contributed by atoms with van der Waals surface area (Å²) in [6, 6.07) is 0. The van der Waals surface area contributed by atoms with Gasteiger partial charge in [-0.05, 0) is 103 Å². The minimum atomic E-state index is -0.113. The van der Waals surface area contributed by atoms with Crippen LogP contribution in [-0.2, 0) is 22.4 Å². The number of hydrogen-bond donors (Lipinski definition) is 1. The first-order valence-electron chi connectivity index (χ1n) is 15.5. The van der Waals surface area contributed by atoms with Gasteiger partial charge in [-0.2, -0.15) is 0 Å². The van der Waals surface area contributed by atoms with Crippen molar-refractivity contribution < 1.29 is 9.59 Å². The zero-order valence-electron chi connectivity index (χ0n) is 26.0. The van der Waals surface area contributed by atoms with Gasteiger partial charge < -0.3 is 4.98 Å². The van der Waals surface area contributed by atoms with Crippen molar-refractivity contribution in [3.05, 3.63) is 67.0 Å². The van der Waals surface area contributed by atoms with Gasteiger partial charge in [-0.25, -0.2) is 15.0 Å². The molecule has 1 N–H and O–H groups in total. The number of allylic oxidation sites excluding steroid dienone is 5. The van der Waals surface area contributed by atoms with E-state index in [1.807, 2.05) is 19.9 Å². The van der Waals surface area contributed by atoms with Gasteiger partial charge in [0.2, 0.25) is 0 Å². The van der Waals surface area contributed by atoms with Crippen LogP contribution in [0.2, 0.25) is 0 Å². The minimum absolute atomic E-state index is 0.104. The van der Waals surface area contributed by atoms with Crippen LogP contribution in [0.4, 0.5) is 0 Å². The molecule has 0 unspecified atom stereocenters. The van der Waals surface area contributed by atoms with Crippen LogP contribution in [0.25, 0.3) is 12.2 Å². The Bertz CT molecular complexity index is 1630. The molecule has 0 atom stereocenters. The van der Waals surface area contributed by atoms with Gasteiger partial charge in [0.25, 0.3) is 11.8 Å². The number of amides is 2. The molecular formula is C35H44N4O2. The molecule has 0 saturated carbocycles. The minimum Gasteiger partial charge on any atom is -0.355 e. The maximum atomic E-state index is 12.5. The molecule has 216 valence electrons. The number of carbonyl (C=O) groups is 2. The third-order valence-electron chi connectivity index (χ3n) is 8.48. The van der Waals surface area contributed by atoms with E-state index in [9.17, 15) is 9.59 Å². The number of nitrogens with one attached hydrogen (secondary N) is 1. The molecule has 0 fully saturated rings. The molecule has 0 spiro atoms. The van der Waals surface area contributed by atoms with Crippen LogP contribution in [0.3, 0.4) is 0 Å². The number of carbonyl (C=O) groups excluding carboxylic acids is 2. The number of H-pyrrole nitrogens is 1. The number of aliphatic imine (C=N–C) groups is 3. The zero-order valence-corrected chi connectivity index (χ0v) is 26.0. The molecule has 3 aliphatic heterocycles. The highest BCUT2D eigenvalue weighted by molar-refractivity contribution is 6.31. The topological polar surface area (TPSA) is 87.0 Å². The predicted octanol–water partition coefficient (Wildman–Crippen LogP) is 6.35. The van der Waals surface area contributed by atoms with Gasteiger partial charge in [0.15, 0.2) is 0 Å². The maximum Gasteiger partial charge on any atom is 0.273 e. The summed E-state index contributed by atoms with van der Waals surface area (Å²) >= 11 is 0. The van der Waals surface area contributed by atoms with Crippen LogP contribution in [0, 0.1) is 0 Å². The summed E-state index contributed by atoms with van der Waals surface area (Å²) in [7, 11) is 0. The quantitative estimate of drug-likeness (QED) is 0.347. The Hall–Kier alpha value is -3.67. The number of aromatic nitrogens is 1. The fourth-order valence-corrected chi connectivity index (χ4v) is 6.49. The third-order valence-corrected chi connectivity index (χ3v) is 8.48. The number of aromatic amines is 1. The molecule has 6 heteroatoms. The summed E-state index contributed by atoms with van der Waals surface area (Å²) in [5.74, 6) is -0.217. The van der Waals surface area contributed by atoms with E-state index < -0.39 is 0 Å². The Morgan fingerprint density at radius 1 is 0.463 bits per heavy atom. The Labute approximate surface area is 244 Å². The van der Waals surface area contributed by atoms with Gasteiger partial charge in [0, 0.05) is 21.8 Å². The zero-order chi connectivity index (χ0) is 29.8. The van der Waals surface area contributed by atoms with Crippen molar-refractivity contribution in [3.8, 4) is 0 Å². The monoisotopic (exact) mass is 552 g/mol. The van der Waals surface area contributed by atoms with E-state index in [0.717, 1.165) is 94.3 Å². The highest BCUT2D eigenvalue weighted by Crippen LogP contribution is 2.33. The molecule has 2 amide bonds. The van der Waals surface area contributed by atoms with Gasteiger partial charge in [-0.15, -0.1) is 0 Å². The molecule has 0 radical (unpaired) electrons. The molecule has 3 aliphatic rings. The standard InChI is InChI=1S/C35H44N4O2/c1-9-20-22(11-3)30(18-32-24(13-5)26(15-7)34(40)38-32)36-28(20)17-29-21(10-2)23(12-4)31(37-29)19-33-25(14-6)27(16-8)35(41)39-33/h17-19,36H,9-16H2,1-8H3/b28-17-,30-18-,31-19-. The van der Waals surface area contributed by atoms with Crippen LogP contribution in [0.1, 0.15) is 105 Å². The second-order valence-corrected chi connectivity index (χ2v) is 10.5. The molecule has 6 nitrogen and oxygen atoms in total. The fraction of sp³-hybridized carbons (Fsp3) is 0.457. The van der Waals surface area contributed by atoms with E-state index >= 15 is 0 Å². The van der Waals surface area contributed by atoms with E-state index in [2.05, 4.69) is 68.7 Å². The lowest BCUT2D eigenvalue weighted by molar-refractivity contribution is -0.115. The summed E-state index contributed by atoms with van der Waals surface area (Å²) in [6.45, 7) is 16.9. The summed E-state index contributed by atoms with van der Waals surface area (Å²) in [4.78, 5) is 42.6. The third kappa shape index (κ3) is 5.49. The molecule has 4 heterocycles. The smallest absolute Gasteiger partial charge is 0.273 e. The van der Waals surface area contributed by atoms with E-state index in [4.69, 9.17) is 4.99 Å². The first-order chi connectivity index (χ1) is 19.8. The van der Waals surface area contributed by atoms with Crippen molar-refractivity contribution in [2.75, 3.05) is 0 Å². The maximum absolute atomic E-state index is 12.5. The molecule has 41 heavy (non-hydrogen) atoms. The first-order valence-corrected chi connectivity index (χ1v) is 15.5. The van der Waals surface area contributed by atoms with Crippen LogP contribution in [-0.4, -0.2) is 33.9 Å². The highest BCUT2D eigenvalue weighted by Gasteiger charge is 2.26. The molecule has 0 aromatic carbocycles. The number of nitrogens with zero attached hydrogens (tertiary/aromatic N) is 3. The van der Waals surface area contributed by atoms with Crippen molar-refractivity contribution in [2.24, 2.45) is 15.0 Å². The average molecular weight is 553 g/mol. The molecule has 0 bridgehead atoms. The van der Waals surface area contributed by atoms with E-state index in [1.54, 1.807) is 0 Å². The van der Waals surface area contributed by atoms with Crippen LogP contribution < -0.4 is 10.7 Å². The second-order valence-electron chi connectivity index (χ2n) is 10.5. The lowest BCUT2D eigenvalue weighted by atomic mass is 9.96. The largest absolute Gasteiger partial charge is 0.355 e. The molecule has 1 aromatic heterocycles. The molecular weight excluding hydrogens is 508 g/mol. The van der Waals surface area contributed by atoms with Crippen molar-refractivity contribution in [3.63, 3.8) is 0 Å². The average Bonchev–Trinajstić information content (AvgIpc) is 3.67. The Kier molecular flexibility index (Phi) is 9.52. The van der Waals surface area contributed by atoms with Gasteiger partial charge in [-0.1, -0.05) is 55.4 Å². The lowest BCUT2D eigenvalue weighted by Gasteiger charge is -2.06. The van der Waals surface area contributed by atoms with Gasteiger partial charge in [0.1, 0.15) is 0 Å². The summed E-state index contributed by atoms with van der Waals surface area (Å²) < 4.78 is 0. The van der Waals surface area contributed by atoms with Gasteiger partial charge in [0.05, 0.1) is 22.8 Å². The molecule has 0 saturated heterocycles. The van der Waals surface area contributed by atoms with Crippen molar-refractivity contribution in [2.45, 2.75) is 107 Å². The van der Waals surface area contributed by atoms with Crippen LogP contribution in [0.15, 0.2) is 60.2 Å². The van der Waals surface area contributed by atoms with E-state index in [0.29, 0.717) is 12.8 Å². The highest BCUT2D eigenvalue weighted by atomic mass is 16.2. The number of rotatable bonds is 11. The molecule has 0 aliphatic carbocycles. The summed E-state index contributed by atoms with van der Waals surface area (Å²) in [5, 5.41) is 2.07. The van der Waals surface area contributed by atoms with Gasteiger partial charge >= 0.3 is 0 Å². The SMILES string of the molecule is CCC1=C(CC)C(/C=C2N=C(/C=c3\[nH]/c(=C\C4=NC(=O)C(CC)=C4CC)c(CC)c3CC)C(CC)=C\2CC)=NC1=O. The van der Waals surface area contributed by atoms with Crippen molar-refractivity contribution in [1.29, 1.82) is 0 Å². The molecule has 4 rings (SSSR count). The van der Waals surface area contributed by atoms with Crippen molar-refractivity contribution >= 4 is 41.1 Å².